The number of ketones is 1. The summed E-state index contributed by atoms with van der Waals surface area (Å²) in [6, 6.07) is 7.12. The molecule has 0 fully saturated rings. The first kappa shape index (κ1) is 15.7. The van der Waals surface area contributed by atoms with E-state index in [9.17, 15) is 4.79 Å². The number of carbonyl (C=O) groups excluding carboxylic acids is 1. The Morgan fingerprint density at radius 3 is 2.37 bits per heavy atom. The summed E-state index contributed by atoms with van der Waals surface area (Å²) in [6.07, 6.45) is 1.00. The van der Waals surface area contributed by atoms with E-state index in [4.69, 9.17) is 5.73 Å². The molecule has 0 aromatic heterocycles. The van der Waals surface area contributed by atoms with E-state index >= 15 is 0 Å². The molecule has 19 heavy (non-hydrogen) atoms. The van der Waals surface area contributed by atoms with Gasteiger partial charge in [0.1, 0.15) is 0 Å². The third-order valence-corrected chi connectivity index (χ3v) is 2.91. The minimum absolute atomic E-state index is 0.0613. The third kappa shape index (κ3) is 5.88. The molecule has 0 saturated heterocycles. The summed E-state index contributed by atoms with van der Waals surface area (Å²) < 4.78 is 0. The molecule has 0 atom stereocenters. The van der Waals surface area contributed by atoms with Crippen molar-refractivity contribution >= 4 is 11.5 Å². The van der Waals surface area contributed by atoms with E-state index in [1.165, 1.54) is 0 Å². The van der Waals surface area contributed by atoms with Gasteiger partial charge in [0, 0.05) is 16.8 Å². The van der Waals surface area contributed by atoms with Crippen LogP contribution in [0.4, 0.5) is 5.69 Å². The molecule has 0 aliphatic carbocycles. The van der Waals surface area contributed by atoms with Crippen molar-refractivity contribution in [3.63, 3.8) is 0 Å². The van der Waals surface area contributed by atoms with Gasteiger partial charge in [0.2, 0.25) is 0 Å². The molecule has 0 aliphatic heterocycles. The second-order valence-electron chi connectivity index (χ2n) is 7.02. The van der Waals surface area contributed by atoms with Crippen molar-refractivity contribution in [2.24, 2.45) is 5.41 Å². The second kappa shape index (κ2) is 5.74. The minimum Gasteiger partial charge on any atom is -0.399 e. The van der Waals surface area contributed by atoms with Crippen molar-refractivity contribution in [3.05, 3.63) is 29.8 Å². The molecule has 0 spiro atoms. The van der Waals surface area contributed by atoms with Crippen LogP contribution in [0, 0.1) is 5.41 Å². The number of rotatable bonds is 5. The van der Waals surface area contributed by atoms with E-state index in [-0.39, 0.29) is 16.7 Å². The van der Waals surface area contributed by atoms with Gasteiger partial charge in [-0.1, -0.05) is 32.9 Å². The van der Waals surface area contributed by atoms with Crippen molar-refractivity contribution in [1.82, 2.24) is 5.32 Å². The molecule has 1 aromatic carbocycles. The fraction of sp³-hybridized carbons (Fsp3) is 0.562. The number of hydrogen-bond donors (Lipinski definition) is 2. The zero-order valence-electron chi connectivity index (χ0n) is 12.7. The molecule has 0 heterocycles. The number of benzene rings is 1. The summed E-state index contributed by atoms with van der Waals surface area (Å²) in [5, 5.41) is 3.34. The van der Waals surface area contributed by atoms with Gasteiger partial charge in [-0.3, -0.25) is 4.79 Å². The van der Waals surface area contributed by atoms with Crippen LogP contribution in [-0.4, -0.2) is 17.9 Å². The summed E-state index contributed by atoms with van der Waals surface area (Å²) in [5.41, 5.74) is 7.15. The lowest BCUT2D eigenvalue weighted by molar-refractivity contribution is 0.0973. The number of nitrogens with one attached hydrogen (secondary N) is 1. The fourth-order valence-corrected chi connectivity index (χ4v) is 2.52. The highest BCUT2D eigenvalue weighted by molar-refractivity contribution is 5.98. The lowest BCUT2D eigenvalue weighted by atomic mass is 9.82. The zero-order chi connectivity index (χ0) is 14.7. The quantitative estimate of drug-likeness (QED) is 0.632. The predicted octanol–water partition coefficient (Wildman–Crippen LogP) is 3.26. The van der Waals surface area contributed by atoms with Crippen LogP contribution in [0.15, 0.2) is 24.3 Å². The SMILES string of the molecule is CC(C)(C)CC(C)(C)NCC(=O)c1cccc(N)c1. The van der Waals surface area contributed by atoms with E-state index in [1.54, 1.807) is 18.2 Å². The normalized spacial score (nSPS) is 12.5. The molecule has 0 amide bonds. The van der Waals surface area contributed by atoms with Gasteiger partial charge in [-0.25, -0.2) is 0 Å². The number of carbonyl (C=O) groups is 1. The van der Waals surface area contributed by atoms with Gasteiger partial charge < -0.3 is 11.1 Å². The van der Waals surface area contributed by atoms with Crippen LogP contribution >= 0.6 is 0 Å². The second-order valence-corrected chi connectivity index (χ2v) is 7.02. The number of Topliss-reactive ketones (excluding diaryl/α,β-unsaturated/α-hetero) is 1. The average Bonchev–Trinajstić information content (AvgIpc) is 2.22. The van der Waals surface area contributed by atoms with E-state index < -0.39 is 0 Å². The molecule has 3 nitrogen and oxygen atoms in total. The van der Waals surface area contributed by atoms with Crippen LogP contribution in [-0.2, 0) is 0 Å². The Balaban J connectivity index is 2.59. The number of nitrogens with two attached hydrogens (primary N) is 1. The van der Waals surface area contributed by atoms with Crippen LogP contribution in [0.2, 0.25) is 0 Å². The third-order valence-electron chi connectivity index (χ3n) is 2.91. The van der Waals surface area contributed by atoms with Crippen molar-refractivity contribution in [3.8, 4) is 0 Å². The summed E-state index contributed by atoms with van der Waals surface area (Å²) in [5.74, 6) is 0.0780. The van der Waals surface area contributed by atoms with Crippen molar-refractivity contribution in [1.29, 1.82) is 0 Å². The molecule has 0 aliphatic rings. The van der Waals surface area contributed by atoms with E-state index in [0.717, 1.165) is 6.42 Å². The Bertz CT molecular complexity index is 444. The lowest BCUT2D eigenvalue weighted by Crippen LogP contribution is -2.44. The Morgan fingerprint density at radius 1 is 1.21 bits per heavy atom. The molecule has 3 heteroatoms. The van der Waals surface area contributed by atoms with Crippen LogP contribution in [0.5, 0.6) is 0 Å². The van der Waals surface area contributed by atoms with Crippen molar-refractivity contribution in [2.75, 3.05) is 12.3 Å². The minimum atomic E-state index is -0.0613. The maximum Gasteiger partial charge on any atom is 0.176 e. The molecule has 0 radical (unpaired) electrons. The highest BCUT2D eigenvalue weighted by Crippen LogP contribution is 2.26. The molecule has 1 rings (SSSR count). The molecule has 106 valence electrons. The lowest BCUT2D eigenvalue weighted by Gasteiger charge is -2.33. The molecule has 3 N–H and O–H groups in total. The first-order chi connectivity index (χ1) is 8.59. The Morgan fingerprint density at radius 2 is 1.84 bits per heavy atom. The predicted molar refractivity (Wildman–Crippen MR) is 81.3 cm³/mol. The standard InChI is InChI=1S/C16H26N2O/c1-15(2,3)11-16(4,5)18-10-14(19)12-7-6-8-13(17)9-12/h6-9,18H,10-11,17H2,1-5H3. The maximum atomic E-state index is 12.1. The topological polar surface area (TPSA) is 55.1 Å². The van der Waals surface area contributed by atoms with Crippen LogP contribution in [0.3, 0.4) is 0 Å². The van der Waals surface area contributed by atoms with E-state index in [1.807, 2.05) is 6.07 Å². The molecule has 1 aromatic rings. The first-order valence-corrected chi connectivity index (χ1v) is 6.73. The molecule has 0 saturated carbocycles. The highest BCUT2D eigenvalue weighted by Gasteiger charge is 2.25. The van der Waals surface area contributed by atoms with E-state index in [0.29, 0.717) is 17.8 Å². The van der Waals surface area contributed by atoms with Gasteiger partial charge in [-0.15, -0.1) is 0 Å². The fourth-order valence-electron chi connectivity index (χ4n) is 2.52. The smallest absolute Gasteiger partial charge is 0.176 e. The summed E-state index contributed by atoms with van der Waals surface area (Å²) in [6.45, 7) is 11.2. The number of anilines is 1. The monoisotopic (exact) mass is 262 g/mol. The van der Waals surface area contributed by atoms with Gasteiger partial charge >= 0.3 is 0 Å². The molecule has 0 bridgehead atoms. The maximum absolute atomic E-state index is 12.1. The van der Waals surface area contributed by atoms with Crippen LogP contribution < -0.4 is 11.1 Å². The van der Waals surface area contributed by atoms with Gasteiger partial charge in [0.15, 0.2) is 5.78 Å². The highest BCUT2D eigenvalue weighted by atomic mass is 16.1. The van der Waals surface area contributed by atoms with Crippen LogP contribution in [0.25, 0.3) is 0 Å². The summed E-state index contributed by atoms with van der Waals surface area (Å²) >= 11 is 0. The zero-order valence-corrected chi connectivity index (χ0v) is 12.7. The summed E-state index contributed by atoms with van der Waals surface area (Å²) in [7, 11) is 0. The largest absolute Gasteiger partial charge is 0.399 e. The number of nitrogen functional groups attached to an aromatic ring is 1. The van der Waals surface area contributed by atoms with Gasteiger partial charge in [0.25, 0.3) is 0 Å². The number of hydrogen-bond acceptors (Lipinski definition) is 3. The average molecular weight is 262 g/mol. The Labute approximate surface area is 116 Å². The Kier molecular flexibility index (Phi) is 4.75. The van der Waals surface area contributed by atoms with Crippen molar-refractivity contribution < 1.29 is 4.79 Å². The molecular formula is C16H26N2O. The van der Waals surface area contributed by atoms with E-state index in [2.05, 4.69) is 39.9 Å². The van der Waals surface area contributed by atoms with Crippen molar-refractivity contribution in [2.45, 2.75) is 46.6 Å². The van der Waals surface area contributed by atoms with Gasteiger partial charge in [0.05, 0.1) is 6.54 Å². The Hall–Kier alpha value is -1.35. The summed E-state index contributed by atoms with van der Waals surface area (Å²) in [4.78, 5) is 12.1. The molecule has 0 unspecified atom stereocenters. The first-order valence-electron chi connectivity index (χ1n) is 6.73. The van der Waals surface area contributed by atoms with Gasteiger partial charge in [-0.2, -0.15) is 0 Å². The van der Waals surface area contributed by atoms with Crippen LogP contribution in [0.1, 0.15) is 51.4 Å². The molecular weight excluding hydrogens is 236 g/mol. The van der Waals surface area contributed by atoms with Gasteiger partial charge in [-0.05, 0) is 37.8 Å².